The number of hydrogen-bond acceptors (Lipinski definition) is 3. The van der Waals surface area contributed by atoms with Crippen LogP contribution in [0.3, 0.4) is 0 Å². The maximum Gasteiger partial charge on any atom is 0.165 e. The average Bonchev–Trinajstić information content (AvgIpc) is 3.17. The van der Waals surface area contributed by atoms with Crippen molar-refractivity contribution in [3.8, 4) is 11.1 Å². The Kier molecular flexibility index (Phi) is 3.69. The number of anilines is 1. The molecule has 3 aromatic rings. The Balaban J connectivity index is 1.79. The molecule has 0 unspecified atom stereocenters. The van der Waals surface area contributed by atoms with Crippen LogP contribution in [0, 0.1) is 6.92 Å². The van der Waals surface area contributed by atoms with Gasteiger partial charge in [-0.05, 0) is 37.5 Å². The van der Waals surface area contributed by atoms with Crippen molar-refractivity contribution in [2.45, 2.75) is 38.6 Å². The Labute approximate surface area is 140 Å². The van der Waals surface area contributed by atoms with Gasteiger partial charge in [-0.15, -0.1) is 0 Å². The topological polar surface area (TPSA) is 42.2 Å². The van der Waals surface area contributed by atoms with Crippen LogP contribution in [-0.2, 0) is 0 Å². The summed E-state index contributed by atoms with van der Waals surface area (Å²) in [5.41, 5.74) is 3.98. The fourth-order valence-corrected chi connectivity index (χ4v) is 3.43. The zero-order chi connectivity index (χ0) is 15.8. The Morgan fingerprint density at radius 2 is 1.91 bits per heavy atom. The Morgan fingerprint density at radius 1 is 1.17 bits per heavy atom. The van der Waals surface area contributed by atoms with Gasteiger partial charge in [0.2, 0.25) is 0 Å². The van der Waals surface area contributed by atoms with E-state index in [1.165, 1.54) is 25.7 Å². The first-order valence-electron chi connectivity index (χ1n) is 8.08. The van der Waals surface area contributed by atoms with Crippen LogP contribution in [0.1, 0.15) is 31.4 Å². The molecule has 0 amide bonds. The zero-order valence-electron chi connectivity index (χ0n) is 13.1. The highest BCUT2D eigenvalue weighted by Gasteiger charge is 2.18. The molecule has 0 bridgehead atoms. The summed E-state index contributed by atoms with van der Waals surface area (Å²) >= 11 is 5.99. The van der Waals surface area contributed by atoms with Crippen LogP contribution in [0.15, 0.2) is 36.5 Å². The van der Waals surface area contributed by atoms with Gasteiger partial charge in [-0.1, -0.05) is 36.6 Å². The molecule has 118 valence electrons. The average molecular weight is 327 g/mol. The third-order valence-electron chi connectivity index (χ3n) is 4.46. The maximum absolute atomic E-state index is 5.99. The summed E-state index contributed by atoms with van der Waals surface area (Å²) in [7, 11) is 0. The van der Waals surface area contributed by atoms with Gasteiger partial charge < -0.3 is 5.32 Å². The van der Waals surface area contributed by atoms with Crippen molar-refractivity contribution in [1.82, 2.24) is 14.6 Å². The smallest absolute Gasteiger partial charge is 0.165 e. The number of benzene rings is 1. The summed E-state index contributed by atoms with van der Waals surface area (Å²) in [5.74, 6) is 1.03. The lowest BCUT2D eigenvalue weighted by Crippen LogP contribution is -2.17. The molecule has 1 aliphatic carbocycles. The van der Waals surface area contributed by atoms with Crippen LogP contribution in [0.2, 0.25) is 5.02 Å². The molecule has 2 heterocycles. The number of aromatic nitrogens is 3. The number of nitrogens with one attached hydrogen (secondary N) is 1. The molecule has 0 atom stereocenters. The number of fused-ring (bicyclic) bond motifs is 1. The van der Waals surface area contributed by atoms with E-state index in [9.17, 15) is 0 Å². The summed E-state index contributed by atoms with van der Waals surface area (Å²) in [6.45, 7) is 2.03. The third kappa shape index (κ3) is 2.79. The molecule has 5 heteroatoms. The zero-order valence-corrected chi connectivity index (χ0v) is 13.8. The van der Waals surface area contributed by atoms with Crippen molar-refractivity contribution in [1.29, 1.82) is 0 Å². The second kappa shape index (κ2) is 5.85. The van der Waals surface area contributed by atoms with Gasteiger partial charge in [-0.2, -0.15) is 9.61 Å². The number of aryl methyl sites for hydroxylation is 1. The van der Waals surface area contributed by atoms with Crippen molar-refractivity contribution in [3.63, 3.8) is 0 Å². The molecule has 1 fully saturated rings. The molecule has 4 nitrogen and oxygen atoms in total. The molecule has 0 radical (unpaired) electrons. The van der Waals surface area contributed by atoms with Gasteiger partial charge in [-0.3, -0.25) is 0 Å². The quantitative estimate of drug-likeness (QED) is 0.757. The van der Waals surface area contributed by atoms with Crippen LogP contribution < -0.4 is 5.32 Å². The minimum absolute atomic E-state index is 0.545. The highest BCUT2D eigenvalue weighted by Crippen LogP contribution is 2.28. The van der Waals surface area contributed by atoms with Crippen LogP contribution in [-0.4, -0.2) is 20.6 Å². The van der Waals surface area contributed by atoms with Gasteiger partial charge in [0, 0.05) is 28.4 Å². The molecule has 1 aromatic carbocycles. The lowest BCUT2D eigenvalue weighted by Gasteiger charge is -2.15. The van der Waals surface area contributed by atoms with Gasteiger partial charge in [0.1, 0.15) is 5.82 Å². The van der Waals surface area contributed by atoms with E-state index in [1.54, 1.807) is 0 Å². The van der Waals surface area contributed by atoms with Crippen molar-refractivity contribution >= 4 is 23.1 Å². The van der Waals surface area contributed by atoms with E-state index in [0.717, 1.165) is 33.3 Å². The number of halogens is 1. The van der Waals surface area contributed by atoms with E-state index in [4.69, 9.17) is 16.6 Å². The summed E-state index contributed by atoms with van der Waals surface area (Å²) < 4.78 is 1.91. The molecule has 0 aliphatic heterocycles. The molecule has 1 aliphatic rings. The van der Waals surface area contributed by atoms with Gasteiger partial charge >= 0.3 is 0 Å². The van der Waals surface area contributed by atoms with E-state index in [0.29, 0.717) is 6.04 Å². The van der Waals surface area contributed by atoms with Gasteiger partial charge in [-0.25, -0.2) is 4.98 Å². The molecule has 1 N–H and O–H groups in total. The fourth-order valence-electron chi connectivity index (χ4n) is 3.30. The van der Waals surface area contributed by atoms with Gasteiger partial charge in [0.15, 0.2) is 5.65 Å². The number of nitrogens with zero attached hydrogens (tertiary/aromatic N) is 3. The molecule has 23 heavy (non-hydrogen) atoms. The second-order valence-electron chi connectivity index (χ2n) is 6.21. The van der Waals surface area contributed by atoms with E-state index in [1.807, 2.05) is 41.9 Å². The number of rotatable bonds is 3. The van der Waals surface area contributed by atoms with E-state index >= 15 is 0 Å². The molecule has 0 saturated heterocycles. The molecule has 0 spiro atoms. The molecular weight excluding hydrogens is 308 g/mol. The molecule has 1 saturated carbocycles. The van der Waals surface area contributed by atoms with Crippen LogP contribution in [0.4, 0.5) is 5.82 Å². The number of hydrogen-bond donors (Lipinski definition) is 1. The van der Waals surface area contributed by atoms with Crippen LogP contribution in [0.5, 0.6) is 0 Å². The van der Waals surface area contributed by atoms with Crippen molar-refractivity contribution in [3.05, 3.63) is 47.2 Å². The largest absolute Gasteiger partial charge is 0.367 e. The molecular formula is C18H19ClN4. The minimum atomic E-state index is 0.545. The highest BCUT2D eigenvalue weighted by molar-refractivity contribution is 6.30. The summed E-state index contributed by atoms with van der Waals surface area (Å²) in [5, 5.41) is 8.93. The fraction of sp³-hybridized carbons (Fsp3) is 0.333. The lowest BCUT2D eigenvalue weighted by molar-refractivity contribution is 0.739. The van der Waals surface area contributed by atoms with E-state index in [-0.39, 0.29) is 0 Å². The first-order chi connectivity index (χ1) is 11.2. The third-order valence-corrected chi connectivity index (χ3v) is 4.71. The van der Waals surface area contributed by atoms with Crippen molar-refractivity contribution in [2.24, 2.45) is 0 Å². The predicted molar refractivity (Wildman–Crippen MR) is 94.0 cm³/mol. The Bertz CT molecular complexity index is 832. The summed E-state index contributed by atoms with van der Waals surface area (Å²) in [4.78, 5) is 4.70. The van der Waals surface area contributed by atoms with Crippen molar-refractivity contribution in [2.75, 3.05) is 5.32 Å². The van der Waals surface area contributed by atoms with Crippen molar-refractivity contribution < 1.29 is 0 Å². The predicted octanol–water partition coefficient (Wildman–Crippen LogP) is 4.71. The first-order valence-corrected chi connectivity index (χ1v) is 8.46. The standard InChI is InChI=1S/C18H19ClN4/c1-12-10-17(22-15-4-2-3-5-15)23-18(21-12)16(11-20-23)13-6-8-14(19)9-7-13/h6-11,15,22H,2-5H2,1H3. The normalized spacial score (nSPS) is 15.4. The minimum Gasteiger partial charge on any atom is -0.367 e. The van der Waals surface area contributed by atoms with Gasteiger partial charge in [0.05, 0.1) is 6.20 Å². The van der Waals surface area contributed by atoms with E-state index < -0.39 is 0 Å². The molecule has 4 rings (SSSR count). The Hall–Kier alpha value is -2.07. The SMILES string of the molecule is Cc1cc(NC2CCCC2)n2ncc(-c3ccc(Cl)cc3)c2n1. The lowest BCUT2D eigenvalue weighted by atomic mass is 10.1. The monoisotopic (exact) mass is 326 g/mol. The van der Waals surface area contributed by atoms with Crippen LogP contribution >= 0.6 is 11.6 Å². The summed E-state index contributed by atoms with van der Waals surface area (Å²) in [6, 6.07) is 10.4. The molecule has 2 aromatic heterocycles. The first kappa shape index (κ1) is 14.5. The highest BCUT2D eigenvalue weighted by atomic mass is 35.5. The maximum atomic E-state index is 5.99. The van der Waals surface area contributed by atoms with E-state index in [2.05, 4.69) is 16.5 Å². The summed E-state index contributed by atoms with van der Waals surface area (Å²) in [6.07, 6.45) is 6.95. The second-order valence-corrected chi connectivity index (χ2v) is 6.65. The van der Waals surface area contributed by atoms with Crippen LogP contribution in [0.25, 0.3) is 16.8 Å². The van der Waals surface area contributed by atoms with Gasteiger partial charge in [0.25, 0.3) is 0 Å². The Morgan fingerprint density at radius 3 is 2.65 bits per heavy atom.